The molecule has 0 saturated heterocycles. The SMILES string of the molecule is N#CN1CCc2c(O)cccc2C1. The van der Waals surface area contributed by atoms with Gasteiger partial charge >= 0.3 is 0 Å². The quantitative estimate of drug-likeness (QED) is 0.602. The van der Waals surface area contributed by atoms with Crippen molar-refractivity contribution >= 4 is 0 Å². The number of benzene rings is 1. The van der Waals surface area contributed by atoms with Crippen LogP contribution in [-0.4, -0.2) is 16.6 Å². The molecular weight excluding hydrogens is 164 g/mol. The number of fused-ring (bicyclic) bond motifs is 1. The summed E-state index contributed by atoms with van der Waals surface area (Å²) in [5.74, 6) is 0.357. The highest BCUT2D eigenvalue weighted by Gasteiger charge is 2.16. The minimum atomic E-state index is 0.357. The second-order valence-electron chi connectivity index (χ2n) is 3.19. The van der Waals surface area contributed by atoms with E-state index in [2.05, 4.69) is 6.19 Å². The van der Waals surface area contributed by atoms with Crippen LogP contribution < -0.4 is 0 Å². The van der Waals surface area contributed by atoms with Crippen molar-refractivity contribution in [2.45, 2.75) is 13.0 Å². The lowest BCUT2D eigenvalue weighted by atomic mass is 9.99. The smallest absolute Gasteiger partial charge is 0.179 e. The van der Waals surface area contributed by atoms with Gasteiger partial charge in [0.05, 0.1) is 6.54 Å². The Hall–Kier alpha value is -1.69. The van der Waals surface area contributed by atoms with Crippen LogP contribution in [0.25, 0.3) is 0 Å². The minimum Gasteiger partial charge on any atom is -0.508 e. The first-order chi connectivity index (χ1) is 6.31. The van der Waals surface area contributed by atoms with E-state index < -0.39 is 0 Å². The van der Waals surface area contributed by atoms with E-state index in [-0.39, 0.29) is 0 Å². The van der Waals surface area contributed by atoms with Crippen molar-refractivity contribution in [2.75, 3.05) is 6.54 Å². The molecule has 0 unspecified atom stereocenters. The van der Waals surface area contributed by atoms with Gasteiger partial charge in [0.15, 0.2) is 6.19 Å². The van der Waals surface area contributed by atoms with Gasteiger partial charge in [-0.1, -0.05) is 12.1 Å². The Morgan fingerprint density at radius 3 is 3.08 bits per heavy atom. The monoisotopic (exact) mass is 174 g/mol. The number of hydrogen-bond donors (Lipinski definition) is 1. The zero-order chi connectivity index (χ0) is 9.26. The molecule has 1 aromatic rings. The van der Waals surface area contributed by atoms with Crippen molar-refractivity contribution in [3.05, 3.63) is 29.3 Å². The molecule has 0 aliphatic carbocycles. The summed E-state index contributed by atoms with van der Waals surface area (Å²) in [4.78, 5) is 1.70. The maximum Gasteiger partial charge on any atom is 0.179 e. The van der Waals surface area contributed by atoms with Crippen molar-refractivity contribution in [1.82, 2.24) is 4.90 Å². The first kappa shape index (κ1) is 7.93. The zero-order valence-corrected chi connectivity index (χ0v) is 7.20. The van der Waals surface area contributed by atoms with Gasteiger partial charge in [-0.2, -0.15) is 5.26 Å². The third kappa shape index (κ3) is 1.31. The third-order valence-electron chi connectivity index (χ3n) is 2.38. The number of phenolic OH excluding ortho intramolecular Hbond substituents is 1. The summed E-state index contributed by atoms with van der Waals surface area (Å²) in [5, 5.41) is 18.2. The fourth-order valence-electron chi connectivity index (χ4n) is 1.67. The zero-order valence-electron chi connectivity index (χ0n) is 7.20. The summed E-state index contributed by atoms with van der Waals surface area (Å²) < 4.78 is 0. The predicted octanol–water partition coefficient (Wildman–Crippen LogP) is 1.23. The van der Waals surface area contributed by atoms with E-state index in [0.29, 0.717) is 18.8 Å². The molecule has 0 saturated carbocycles. The van der Waals surface area contributed by atoms with Gasteiger partial charge in [-0.25, -0.2) is 0 Å². The van der Waals surface area contributed by atoms with E-state index in [4.69, 9.17) is 5.26 Å². The van der Waals surface area contributed by atoms with Crippen LogP contribution in [0.5, 0.6) is 5.75 Å². The van der Waals surface area contributed by atoms with Gasteiger partial charge in [0.2, 0.25) is 0 Å². The molecular formula is C10H10N2O. The van der Waals surface area contributed by atoms with Gasteiger partial charge in [0.25, 0.3) is 0 Å². The van der Waals surface area contributed by atoms with E-state index >= 15 is 0 Å². The molecule has 0 bridgehead atoms. The topological polar surface area (TPSA) is 47.3 Å². The number of hydrogen-bond acceptors (Lipinski definition) is 3. The molecule has 0 amide bonds. The minimum absolute atomic E-state index is 0.357. The van der Waals surface area contributed by atoms with Crippen LogP contribution in [0.15, 0.2) is 18.2 Å². The van der Waals surface area contributed by atoms with E-state index in [1.165, 1.54) is 0 Å². The number of rotatable bonds is 0. The maximum atomic E-state index is 9.51. The number of nitriles is 1. The van der Waals surface area contributed by atoms with Crippen LogP contribution in [-0.2, 0) is 13.0 Å². The molecule has 2 rings (SSSR count). The lowest BCUT2D eigenvalue weighted by molar-refractivity contribution is 0.359. The average molecular weight is 174 g/mol. The first-order valence-electron chi connectivity index (χ1n) is 4.25. The summed E-state index contributed by atoms with van der Waals surface area (Å²) in [6.45, 7) is 1.33. The molecule has 66 valence electrons. The Bertz CT molecular complexity index is 368. The number of aromatic hydroxyl groups is 1. The van der Waals surface area contributed by atoms with Crippen molar-refractivity contribution in [1.29, 1.82) is 5.26 Å². The molecule has 1 aromatic carbocycles. The van der Waals surface area contributed by atoms with Crippen LogP contribution in [0.4, 0.5) is 0 Å². The van der Waals surface area contributed by atoms with Crippen LogP contribution in [0, 0.1) is 11.5 Å². The van der Waals surface area contributed by atoms with Gasteiger partial charge in [-0.05, 0) is 18.1 Å². The van der Waals surface area contributed by atoms with E-state index in [1.807, 2.05) is 12.1 Å². The Kier molecular flexibility index (Phi) is 1.82. The molecule has 1 aliphatic rings. The van der Waals surface area contributed by atoms with Crippen molar-refractivity contribution in [2.24, 2.45) is 0 Å². The maximum absolute atomic E-state index is 9.51. The summed E-state index contributed by atoms with van der Waals surface area (Å²) in [5.41, 5.74) is 2.06. The van der Waals surface area contributed by atoms with Gasteiger partial charge < -0.3 is 10.0 Å². The molecule has 1 heterocycles. The molecule has 0 fully saturated rings. The van der Waals surface area contributed by atoms with E-state index in [1.54, 1.807) is 11.0 Å². The molecule has 13 heavy (non-hydrogen) atoms. The number of nitrogens with zero attached hydrogens (tertiary/aromatic N) is 2. The van der Waals surface area contributed by atoms with Gasteiger partial charge in [0.1, 0.15) is 5.75 Å². The van der Waals surface area contributed by atoms with E-state index in [9.17, 15) is 5.11 Å². The second-order valence-corrected chi connectivity index (χ2v) is 3.19. The second kappa shape index (κ2) is 2.98. The average Bonchev–Trinajstić information content (AvgIpc) is 2.18. The Balaban J connectivity index is 2.37. The molecule has 0 radical (unpaired) electrons. The summed E-state index contributed by atoms with van der Waals surface area (Å²) >= 11 is 0. The molecule has 1 aliphatic heterocycles. The van der Waals surface area contributed by atoms with Crippen molar-refractivity contribution in [3.63, 3.8) is 0 Å². The fourth-order valence-corrected chi connectivity index (χ4v) is 1.67. The van der Waals surface area contributed by atoms with Gasteiger partial charge in [-0.15, -0.1) is 0 Å². The third-order valence-corrected chi connectivity index (χ3v) is 2.38. The molecule has 1 N–H and O–H groups in total. The Morgan fingerprint density at radius 1 is 1.46 bits per heavy atom. The summed E-state index contributed by atoms with van der Waals surface area (Å²) in [7, 11) is 0. The number of phenols is 1. The fraction of sp³-hybridized carbons (Fsp3) is 0.300. The molecule has 0 atom stereocenters. The highest BCUT2D eigenvalue weighted by molar-refractivity contribution is 5.40. The largest absolute Gasteiger partial charge is 0.508 e. The highest BCUT2D eigenvalue weighted by atomic mass is 16.3. The lowest BCUT2D eigenvalue weighted by Gasteiger charge is -2.24. The lowest BCUT2D eigenvalue weighted by Crippen LogP contribution is -2.25. The van der Waals surface area contributed by atoms with Crippen LogP contribution in [0.3, 0.4) is 0 Å². The van der Waals surface area contributed by atoms with Crippen LogP contribution >= 0.6 is 0 Å². The van der Waals surface area contributed by atoms with Crippen molar-refractivity contribution < 1.29 is 5.11 Å². The molecule has 3 nitrogen and oxygen atoms in total. The van der Waals surface area contributed by atoms with Crippen molar-refractivity contribution in [3.8, 4) is 11.9 Å². The predicted molar refractivity (Wildman–Crippen MR) is 47.8 cm³/mol. The van der Waals surface area contributed by atoms with Crippen LogP contribution in [0.1, 0.15) is 11.1 Å². The standard InChI is InChI=1S/C10H10N2O/c11-7-12-5-4-9-8(6-12)2-1-3-10(9)13/h1-3,13H,4-6H2. The van der Waals surface area contributed by atoms with Gasteiger partial charge in [0, 0.05) is 12.1 Å². The van der Waals surface area contributed by atoms with Crippen LogP contribution in [0.2, 0.25) is 0 Å². The Labute approximate surface area is 76.8 Å². The summed E-state index contributed by atoms with van der Waals surface area (Å²) in [6, 6.07) is 5.47. The van der Waals surface area contributed by atoms with Gasteiger partial charge in [-0.3, -0.25) is 0 Å². The molecule has 3 heteroatoms. The van der Waals surface area contributed by atoms with E-state index in [0.717, 1.165) is 17.5 Å². The molecule has 0 spiro atoms. The first-order valence-corrected chi connectivity index (χ1v) is 4.25. The molecule has 0 aromatic heterocycles. The summed E-state index contributed by atoms with van der Waals surface area (Å²) in [6.07, 6.45) is 2.88. The Morgan fingerprint density at radius 2 is 2.31 bits per heavy atom. The highest BCUT2D eigenvalue weighted by Crippen LogP contribution is 2.26. The normalized spacial score (nSPS) is 14.8.